The maximum absolute atomic E-state index is 12.4. The molecule has 3 saturated heterocycles. The average Bonchev–Trinajstić information content (AvgIpc) is 3.13. The largest absolute Gasteiger partial charge is 0.378 e. The summed E-state index contributed by atoms with van der Waals surface area (Å²) in [4.78, 5) is 28.0. The Morgan fingerprint density at radius 3 is 2.67 bits per heavy atom. The number of likely N-dealkylation sites (tertiary alicyclic amines) is 1. The molecule has 4 heterocycles. The van der Waals surface area contributed by atoms with Gasteiger partial charge in [0.15, 0.2) is 0 Å². The van der Waals surface area contributed by atoms with Crippen LogP contribution in [0.1, 0.15) is 18.5 Å². The minimum absolute atomic E-state index is 0.142. The van der Waals surface area contributed by atoms with Crippen LogP contribution in [0.2, 0.25) is 0 Å². The van der Waals surface area contributed by atoms with Gasteiger partial charge in [0, 0.05) is 52.0 Å². The Morgan fingerprint density at radius 1 is 1.17 bits per heavy atom. The van der Waals surface area contributed by atoms with E-state index in [0.717, 1.165) is 57.5 Å². The monoisotopic (exact) mass is 331 g/mol. The average molecular weight is 331 g/mol. The number of amides is 1. The van der Waals surface area contributed by atoms with Crippen LogP contribution in [0.3, 0.4) is 0 Å². The fraction of sp³-hybridized carbons (Fsp3) is 0.706. The Balaban J connectivity index is 1.28. The Hall–Kier alpha value is -1.73. The second-order valence-electron chi connectivity index (χ2n) is 6.87. The van der Waals surface area contributed by atoms with Gasteiger partial charge < -0.3 is 14.5 Å². The van der Waals surface area contributed by atoms with Gasteiger partial charge in [-0.25, -0.2) is 9.97 Å². The van der Waals surface area contributed by atoms with Gasteiger partial charge in [-0.05, 0) is 18.9 Å². The molecule has 0 bridgehead atoms. The third-order valence-electron chi connectivity index (χ3n) is 5.10. The van der Waals surface area contributed by atoms with Crippen molar-refractivity contribution in [1.82, 2.24) is 19.8 Å². The summed E-state index contributed by atoms with van der Waals surface area (Å²) in [5.74, 6) is 1.28. The van der Waals surface area contributed by atoms with Crippen LogP contribution >= 0.6 is 0 Å². The number of anilines is 1. The normalized spacial score (nSPS) is 22.7. The lowest BCUT2D eigenvalue weighted by Crippen LogP contribution is -2.55. The van der Waals surface area contributed by atoms with E-state index in [2.05, 4.69) is 14.8 Å². The zero-order valence-corrected chi connectivity index (χ0v) is 14.1. The first-order valence-electron chi connectivity index (χ1n) is 8.95. The molecule has 0 N–H and O–H groups in total. The van der Waals surface area contributed by atoms with E-state index in [4.69, 9.17) is 9.72 Å². The molecule has 1 aromatic heterocycles. The summed E-state index contributed by atoms with van der Waals surface area (Å²) in [6.07, 6.45) is 4.31. The van der Waals surface area contributed by atoms with Gasteiger partial charge in [0.2, 0.25) is 11.9 Å². The predicted octanol–water partition coefficient (Wildman–Crippen LogP) is 0.367. The summed E-state index contributed by atoms with van der Waals surface area (Å²) >= 11 is 0. The first-order valence-corrected chi connectivity index (χ1v) is 8.95. The molecule has 0 aromatic carbocycles. The SMILES string of the molecule is O=C(C1CN(Cc2ccnc(N3CCCC3)n2)C1)N1CCOCC1. The van der Waals surface area contributed by atoms with Crippen LogP contribution in [0.5, 0.6) is 0 Å². The van der Waals surface area contributed by atoms with Gasteiger partial charge in [-0.2, -0.15) is 0 Å². The van der Waals surface area contributed by atoms with Crippen molar-refractivity contribution in [1.29, 1.82) is 0 Å². The van der Waals surface area contributed by atoms with Crippen LogP contribution in [0.4, 0.5) is 5.95 Å². The smallest absolute Gasteiger partial charge is 0.228 e. The molecular formula is C17H25N5O2. The number of morpholine rings is 1. The van der Waals surface area contributed by atoms with Gasteiger partial charge in [-0.1, -0.05) is 0 Å². The summed E-state index contributed by atoms with van der Waals surface area (Å²) < 4.78 is 5.31. The van der Waals surface area contributed by atoms with E-state index in [-0.39, 0.29) is 11.8 Å². The summed E-state index contributed by atoms with van der Waals surface area (Å²) in [6, 6.07) is 1.98. The molecule has 0 atom stereocenters. The highest BCUT2D eigenvalue weighted by molar-refractivity contribution is 5.80. The topological polar surface area (TPSA) is 61.8 Å². The van der Waals surface area contributed by atoms with Crippen molar-refractivity contribution < 1.29 is 9.53 Å². The van der Waals surface area contributed by atoms with E-state index in [1.54, 1.807) is 0 Å². The quantitative estimate of drug-likeness (QED) is 0.794. The summed E-state index contributed by atoms with van der Waals surface area (Å²) in [5, 5.41) is 0. The van der Waals surface area contributed by atoms with Crippen molar-refractivity contribution in [2.45, 2.75) is 19.4 Å². The van der Waals surface area contributed by atoms with Crippen molar-refractivity contribution in [3.8, 4) is 0 Å². The van der Waals surface area contributed by atoms with Crippen molar-refractivity contribution in [2.75, 3.05) is 57.4 Å². The first-order chi connectivity index (χ1) is 11.8. The van der Waals surface area contributed by atoms with Gasteiger partial charge in [0.1, 0.15) is 0 Å². The lowest BCUT2D eigenvalue weighted by Gasteiger charge is -2.41. The molecule has 1 amide bonds. The molecule has 0 radical (unpaired) electrons. The number of aromatic nitrogens is 2. The summed E-state index contributed by atoms with van der Waals surface area (Å²) in [7, 11) is 0. The lowest BCUT2D eigenvalue weighted by molar-refractivity contribution is -0.145. The van der Waals surface area contributed by atoms with Crippen LogP contribution < -0.4 is 4.90 Å². The van der Waals surface area contributed by atoms with Crippen LogP contribution in [-0.2, 0) is 16.1 Å². The maximum Gasteiger partial charge on any atom is 0.228 e. The molecule has 24 heavy (non-hydrogen) atoms. The van der Waals surface area contributed by atoms with Crippen molar-refractivity contribution in [2.24, 2.45) is 5.92 Å². The molecule has 0 aliphatic carbocycles. The number of rotatable bonds is 4. The maximum atomic E-state index is 12.4. The fourth-order valence-electron chi connectivity index (χ4n) is 3.67. The Bertz CT molecular complexity index is 578. The number of carbonyl (C=O) groups is 1. The molecular weight excluding hydrogens is 306 g/mol. The van der Waals surface area contributed by atoms with Gasteiger partial charge in [0.25, 0.3) is 0 Å². The highest BCUT2D eigenvalue weighted by Gasteiger charge is 2.35. The van der Waals surface area contributed by atoms with Gasteiger partial charge in [-0.3, -0.25) is 9.69 Å². The Labute approximate surface area is 142 Å². The van der Waals surface area contributed by atoms with Crippen molar-refractivity contribution in [3.05, 3.63) is 18.0 Å². The number of carbonyl (C=O) groups excluding carboxylic acids is 1. The van der Waals surface area contributed by atoms with Crippen LogP contribution in [0.15, 0.2) is 12.3 Å². The zero-order valence-electron chi connectivity index (χ0n) is 14.1. The molecule has 3 aliphatic heterocycles. The minimum atomic E-state index is 0.142. The van der Waals surface area contributed by atoms with Crippen molar-refractivity contribution in [3.63, 3.8) is 0 Å². The molecule has 0 saturated carbocycles. The molecule has 7 heteroatoms. The lowest BCUT2D eigenvalue weighted by atomic mass is 9.98. The van der Waals surface area contributed by atoms with E-state index in [1.165, 1.54) is 12.8 Å². The minimum Gasteiger partial charge on any atom is -0.378 e. The van der Waals surface area contributed by atoms with Gasteiger partial charge in [-0.15, -0.1) is 0 Å². The second kappa shape index (κ2) is 7.03. The molecule has 4 rings (SSSR count). The van der Waals surface area contributed by atoms with E-state index in [1.807, 2.05) is 17.2 Å². The molecule has 130 valence electrons. The summed E-state index contributed by atoms with van der Waals surface area (Å²) in [5.41, 5.74) is 1.05. The zero-order chi connectivity index (χ0) is 16.4. The molecule has 3 fully saturated rings. The highest BCUT2D eigenvalue weighted by Crippen LogP contribution is 2.22. The third kappa shape index (κ3) is 3.37. The third-order valence-corrected chi connectivity index (χ3v) is 5.10. The van der Waals surface area contributed by atoms with E-state index in [9.17, 15) is 4.79 Å². The molecule has 0 unspecified atom stereocenters. The van der Waals surface area contributed by atoms with Crippen molar-refractivity contribution >= 4 is 11.9 Å². The van der Waals surface area contributed by atoms with Crippen LogP contribution in [-0.4, -0.2) is 78.2 Å². The molecule has 7 nitrogen and oxygen atoms in total. The van der Waals surface area contributed by atoms with E-state index < -0.39 is 0 Å². The number of ether oxygens (including phenoxy) is 1. The van der Waals surface area contributed by atoms with Crippen LogP contribution in [0, 0.1) is 5.92 Å². The highest BCUT2D eigenvalue weighted by atomic mass is 16.5. The number of nitrogens with zero attached hydrogens (tertiary/aromatic N) is 5. The molecule has 0 spiro atoms. The predicted molar refractivity (Wildman–Crippen MR) is 89.6 cm³/mol. The Morgan fingerprint density at radius 2 is 1.92 bits per heavy atom. The molecule has 1 aromatic rings. The van der Waals surface area contributed by atoms with Gasteiger partial charge in [0.05, 0.1) is 24.8 Å². The summed E-state index contributed by atoms with van der Waals surface area (Å²) in [6.45, 7) is 7.40. The number of hydrogen-bond acceptors (Lipinski definition) is 6. The van der Waals surface area contributed by atoms with Gasteiger partial charge >= 0.3 is 0 Å². The molecule has 3 aliphatic rings. The number of hydrogen-bond donors (Lipinski definition) is 0. The van der Waals surface area contributed by atoms with Crippen LogP contribution in [0.25, 0.3) is 0 Å². The standard InChI is InChI=1S/C17H25N5O2/c23-16(21-7-9-24-10-8-21)14-11-20(12-14)13-15-3-4-18-17(19-15)22-5-1-2-6-22/h3-4,14H,1-2,5-13H2. The fourth-order valence-corrected chi connectivity index (χ4v) is 3.67. The Kier molecular flexibility index (Phi) is 4.62. The first kappa shape index (κ1) is 15.8. The van der Waals surface area contributed by atoms with E-state index >= 15 is 0 Å². The second-order valence-corrected chi connectivity index (χ2v) is 6.87. The van der Waals surface area contributed by atoms with E-state index in [0.29, 0.717) is 13.2 Å².